The molecule has 0 bridgehead atoms. The molecule has 0 unspecified atom stereocenters. The zero-order chi connectivity index (χ0) is 20.2. The number of hydrogen-bond acceptors (Lipinski definition) is 5. The predicted octanol–water partition coefficient (Wildman–Crippen LogP) is 3.17. The summed E-state index contributed by atoms with van der Waals surface area (Å²) in [5.74, 6) is 2.28. The van der Waals surface area contributed by atoms with E-state index in [4.69, 9.17) is 0 Å². The third-order valence-corrected chi connectivity index (χ3v) is 5.42. The third kappa shape index (κ3) is 4.45. The van der Waals surface area contributed by atoms with Crippen LogP contribution in [0.1, 0.15) is 35.8 Å². The minimum absolute atomic E-state index is 0.119. The van der Waals surface area contributed by atoms with Crippen molar-refractivity contribution in [2.24, 2.45) is 5.92 Å². The van der Waals surface area contributed by atoms with Gasteiger partial charge in [-0.15, -0.1) is 0 Å². The van der Waals surface area contributed by atoms with E-state index in [1.165, 1.54) is 12.8 Å². The van der Waals surface area contributed by atoms with Crippen molar-refractivity contribution in [3.05, 3.63) is 66.5 Å². The van der Waals surface area contributed by atoms with Gasteiger partial charge in [0, 0.05) is 38.9 Å². The van der Waals surface area contributed by atoms with Crippen LogP contribution in [-0.4, -0.2) is 50.5 Å². The first-order valence-corrected chi connectivity index (χ1v) is 10.0. The summed E-state index contributed by atoms with van der Waals surface area (Å²) < 4.78 is 1.78. The standard InChI is InChI=1S/C22H26N6O/c1-17-8-10-27(11-9-17)20-12-21(24-15-23-20)28-14-19(25-16-28)22(29)26(2)13-18-6-4-3-5-7-18/h3-7,12,14-17H,8-11,13H2,1-2H3. The number of carbonyl (C=O) groups excluding carboxylic acids is 1. The molecule has 0 aliphatic carbocycles. The first kappa shape index (κ1) is 19.1. The Labute approximate surface area is 171 Å². The van der Waals surface area contributed by atoms with E-state index in [2.05, 4.69) is 26.8 Å². The second-order valence-corrected chi connectivity index (χ2v) is 7.72. The Hall–Kier alpha value is -3.22. The maximum absolute atomic E-state index is 12.7. The van der Waals surface area contributed by atoms with E-state index in [1.54, 1.807) is 35.4 Å². The van der Waals surface area contributed by atoms with Gasteiger partial charge in [0.25, 0.3) is 5.91 Å². The molecule has 1 aromatic carbocycles. The zero-order valence-corrected chi connectivity index (χ0v) is 16.9. The fourth-order valence-corrected chi connectivity index (χ4v) is 3.57. The second-order valence-electron chi connectivity index (χ2n) is 7.72. The molecule has 2 aromatic heterocycles. The summed E-state index contributed by atoms with van der Waals surface area (Å²) in [7, 11) is 1.79. The highest BCUT2D eigenvalue weighted by atomic mass is 16.2. The molecule has 0 radical (unpaired) electrons. The van der Waals surface area contributed by atoms with Gasteiger partial charge in [0.1, 0.15) is 30.0 Å². The average molecular weight is 390 g/mol. The van der Waals surface area contributed by atoms with Crippen LogP contribution < -0.4 is 4.90 Å². The number of carbonyl (C=O) groups is 1. The largest absolute Gasteiger partial charge is 0.356 e. The summed E-state index contributed by atoms with van der Waals surface area (Å²) in [5.41, 5.74) is 1.48. The summed E-state index contributed by atoms with van der Waals surface area (Å²) in [5, 5.41) is 0. The number of benzene rings is 1. The summed E-state index contributed by atoms with van der Waals surface area (Å²) in [6.45, 7) is 4.85. The third-order valence-electron chi connectivity index (χ3n) is 5.42. The van der Waals surface area contributed by atoms with Crippen molar-refractivity contribution in [2.45, 2.75) is 26.3 Å². The van der Waals surface area contributed by atoms with Crippen LogP contribution in [0.3, 0.4) is 0 Å². The van der Waals surface area contributed by atoms with Gasteiger partial charge in [-0.3, -0.25) is 9.36 Å². The van der Waals surface area contributed by atoms with Gasteiger partial charge in [-0.05, 0) is 24.3 Å². The molecule has 1 saturated heterocycles. The zero-order valence-electron chi connectivity index (χ0n) is 16.9. The van der Waals surface area contributed by atoms with Crippen LogP contribution in [0, 0.1) is 5.92 Å². The van der Waals surface area contributed by atoms with Crippen molar-refractivity contribution in [3.8, 4) is 5.82 Å². The van der Waals surface area contributed by atoms with Crippen LogP contribution in [0.5, 0.6) is 0 Å². The quantitative estimate of drug-likeness (QED) is 0.669. The van der Waals surface area contributed by atoms with E-state index in [-0.39, 0.29) is 5.91 Å². The van der Waals surface area contributed by atoms with Gasteiger partial charge in [-0.1, -0.05) is 37.3 Å². The summed E-state index contributed by atoms with van der Waals surface area (Å²) in [6.07, 6.45) is 7.29. The molecule has 3 aromatic rings. The van der Waals surface area contributed by atoms with Crippen LogP contribution in [0.4, 0.5) is 5.82 Å². The minimum Gasteiger partial charge on any atom is -0.356 e. The molecule has 29 heavy (non-hydrogen) atoms. The van der Waals surface area contributed by atoms with Crippen molar-refractivity contribution in [1.29, 1.82) is 0 Å². The van der Waals surface area contributed by atoms with Gasteiger partial charge in [-0.25, -0.2) is 15.0 Å². The monoisotopic (exact) mass is 390 g/mol. The smallest absolute Gasteiger partial charge is 0.274 e. The van der Waals surface area contributed by atoms with Crippen molar-refractivity contribution in [2.75, 3.05) is 25.0 Å². The Morgan fingerprint density at radius 1 is 1.10 bits per heavy atom. The Bertz CT molecular complexity index is 962. The SMILES string of the molecule is CC1CCN(c2cc(-n3cnc(C(=O)N(C)Cc4ccccc4)c3)ncn2)CC1. The lowest BCUT2D eigenvalue weighted by Gasteiger charge is -2.31. The summed E-state index contributed by atoms with van der Waals surface area (Å²) in [6, 6.07) is 11.9. The fraction of sp³-hybridized carbons (Fsp3) is 0.364. The van der Waals surface area contributed by atoms with E-state index in [1.807, 2.05) is 36.4 Å². The molecule has 150 valence electrons. The molecule has 0 atom stereocenters. The topological polar surface area (TPSA) is 67.2 Å². The summed E-state index contributed by atoms with van der Waals surface area (Å²) >= 11 is 0. The molecule has 3 heterocycles. The van der Waals surface area contributed by atoms with Crippen molar-refractivity contribution in [3.63, 3.8) is 0 Å². The van der Waals surface area contributed by atoms with E-state index in [0.29, 0.717) is 18.1 Å². The normalized spacial score (nSPS) is 14.8. The molecule has 7 heteroatoms. The second kappa shape index (κ2) is 8.43. The molecule has 1 fully saturated rings. The highest BCUT2D eigenvalue weighted by Gasteiger charge is 2.19. The molecular weight excluding hydrogens is 364 g/mol. The number of hydrogen-bond donors (Lipinski definition) is 0. The molecule has 1 amide bonds. The average Bonchev–Trinajstić information content (AvgIpc) is 3.25. The number of aromatic nitrogens is 4. The van der Waals surface area contributed by atoms with Crippen LogP contribution in [0.15, 0.2) is 55.2 Å². The minimum atomic E-state index is -0.119. The van der Waals surface area contributed by atoms with Crippen molar-refractivity contribution in [1.82, 2.24) is 24.4 Å². The van der Waals surface area contributed by atoms with E-state index in [0.717, 1.165) is 30.4 Å². The number of nitrogens with zero attached hydrogens (tertiary/aromatic N) is 6. The van der Waals surface area contributed by atoms with Crippen LogP contribution in [-0.2, 0) is 6.54 Å². The van der Waals surface area contributed by atoms with Crippen molar-refractivity contribution < 1.29 is 4.79 Å². The lowest BCUT2D eigenvalue weighted by atomic mass is 9.99. The number of rotatable bonds is 5. The number of piperidine rings is 1. The number of anilines is 1. The van der Waals surface area contributed by atoms with Gasteiger partial charge in [0.05, 0.1) is 0 Å². The summed E-state index contributed by atoms with van der Waals surface area (Å²) in [4.78, 5) is 29.8. The molecule has 0 N–H and O–H groups in total. The first-order chi connectivity index (χ1) is 14.1. The van der Waals surface area contributed by atoms with Gasteiger partial charge in [-0.2, -0.15) is 0 Å². The lowest BCUT2D eigenvalue weighted by molar-refractivity contribution is 0.0780. The van der Waals surface area contributed by atoms with Crippen LogP contribution in [0.2, 0.25) is 0 Å². The maximum atomic E-state index is 12.7. The predicted molar refractivity (Wildman–Crippen MR) is 112 cm³/mol. The van der Waals surface area contributed by atoms with Gasteiger partial charge < -0.3 is 9.80 Å². The van der Waals surface area contributed by atoms with Gasteiger partial charge >= 0.3 is 0 Å². The Morgan fingerprint density at radius 3 is 2.59 bits per heavy atom. The van der Waals surface area contributed by atoms with Crippen LogP contribution in [0.25, 0.3) is 5.82 Å². The molecule has 1 aliphatic heterocycles. The van der Waals surface area contributed by atoms with Crippen molar-refractivity contribution >= 4 is 11.7 Å². The van der Waals surface area contributed by atoms with E-state index < -0.39 is 0 Å². The lowest BCUT2D eigenvalue weighted by Crippen LogP contribution is -2.33. The molecule has 1 aliphatic rings. The number of imidazole rings is 1. The van der Waals surface area contributed by atoms with E-state index in [9.17, 15) is 4.79 Å². The molecule has 0 spiro atoms. The highest BCUT2D eigenvalue weighted by Crippen LogP contribution is 2.22. The Morgan fingerprint density at radius 2 is 1.83 bits per heavy atom. The number of amides is 1. The molecular formula is C22H26N6O. The van der Waals surface area contributed by atoms with E-state index >= 15 is 0 Å². The van der Waals surface area contributed by atoms with Gasteiger partial charge in [0.2, 0.25) is 0 Å². The highest BCUT2D eigenvalue weighted by molar-refractivity contribution is 5.92. The maximum Gasteiger partial charge on any atom is 0.274 e. The molecule has 7 nitrogen and oxygen atoms in total. The Kier molecular flexibility index (Phi) is 5.55. The Balaban J connectivity index is 1.47. The van der Waals surface area contributed by atoms with Crippen LogP contribution >= 0.6 is 0 Å². The molecule has 0 saturated carbocycles. The fourth-order valence-electron chi connectivity index (χ4n) is 3.57. The van der Waals surface area contributed by atoms with Gasteiger partial charge in [0.15, 0.2) is 0 Å². The first-order valence-electron chi connectivity index (χ1n) is 10.0. The molecule has 4 rings (SSSR count).